The van der Waals surface area contributed by atoms with Crippen LogP contribution in [0.2, 0.25) is 196 Å². The smallest absolute Gasteiger partial charge is 1.00 e. The number of unbranched alkanes of at least 4 members (excludes halogenated alkanes) is 1. The van der Waals surface area contributed by atoms with Gasteiger partial charge in [-0.1, -0.05) is 354 Å². The summed E-state index contributed by atoms with van der Waals surface area (Å²) in [5.74, 6) is 0. The zero-order chi connectivity index (χ0) is 84.4. The number of pyridine rings is 6. The van der Waals surface area contributed by atoms with E-state index in [-0.39, 0.29) is 71.9 Å². The molecule has 0 atom stereocenters. The number of fused-ring (bicyclic) bond motifs is 6. The van der Waals surface area contributed by atoms with Crippen LogP contribution < -0.4 is 37.7 Å². The van der Waals surface area contributed by atoms with Crippen LogP contribution >= 0.6 is 10.1 Å². The molecule has 0 aliphatic carbocycles. The number of nitrogens with zero attached hydrogens (tertiary/aromatic N) is 6. The number of hydrogen-bond acceptors (Lipinski definition) is 6. The maximum absolute atomic E-state index is 4.98. The van der Waals surface area contributed by atoms with Crippen LogP contribution in [-0.4, -0.2) is 111 Å². The summed E-state index contributed by atoms with van der Waals surface area (Å²) in [5.41, 5.74) is 14.2. The van der Waals surface area contributed by atoms with Crippen LogP contribution in [0.4, 0.5) is 0 Å². The molecule has 628 valence electrons. The van der Waals surface area contributed by atoms with Gasteiger partial charge >= 0.3 is 97.1 Å². The fourth-order valence-electron chi connectivity index (χ4n) is 17.3. The Hall–Kier alpha value is -3.40. The van der Waals surface area contributed by atoms with Gasteiger partial charge in [0.2, 0.25) is 0 Å². The van der Waals surface area contributed by atoms with Crippen molar-refractivity contribution in [3.8, 4) is 0 Å². The molecule has 0 bridgehead atoms. The zero-order valence-electron chi connectivity index (χ0n) is 77.5. The third-order valence-electron chi connectivity index (χ3n) is 19.5. The van der Waals surface area contributed by atoms with Gasteiger partial charge in [-0.25, -0.2) is 0 Å². The molecule has 22 heteroatoms. The molecule has 6 nitrogen and oxygen atoms in total. The number of para-hydroxylation sites is 6. The third kappa shape index (κ3) is 34.0. The van der Waals surface area contributed by atoms with E-state index in [1.165, 1.54) is 67.2 Å². The first-order chi connectivity index (χ1) is 51.7. The summed E-state index contributed by atoms with van der Waals surface area (Å²) in [5, 5.41) is 13.9. The van der Waals surface area contributed by atoms with Crippen LogP contribution in [0.25, 0.3) is 65.4 Å². The topological polar surface area (TPSA) is 77.3 Å². The summed E-state index contributed by atoms with van der Waals surface area (Å²) in [7, 11) is -8.81. The van der Waals surface area contributed by atoms with Crippen LogP contribution in [-0.2, 0) is 49.2 Å². The molecule has 0 spiro atoms. The van der Waals surface area contributed by atoms with Crippen molar-refractivity contribution in [1.82, 2.24) is 29.9 Å². The first kappa shape index (κ1) is 111. The average Bonchev–Trinajstić information content (AvgIpc) is 0.804. The van der Waals surface area contributed by atoms with Crippen molar-refractivity contribution in [3.05, 3.63) is 275 Å². The molecule has 0 saturated carbocycles. The van der Waals surface area contributed by atoms with Gasteiger partial charge in [-0.05, 0) is 136 Å². The van der Waals surface area contributed by atoms with Crippen molar-refractivity contribution in [2.24, 2.45) is 0 Å². The second-order valence-corrected chi connectivity index (χ2v) is 94.4. The van der Waals surface area contributed by atoms with Gasteiger partial charge < -0.3 is 6.92 Å². The predicted molar refractivity (Wildman–Crippen MR) is 527 cm³/mol. The Bertz CT molecular complexity index is 4240. The minimum Gasteiger partial charge on any atom is 1.00 e. The molecule has 0 aliphatic rings. The Morgan fingerprint density at radius 2 is 0.448 bits per heavy atom. The molecule has 12 rings (SSSR count). The SMILES string of the molecule is C[Si](C)(C)C(c1ccc2ccccc2n1)[Si](C)(C)C.C[Si](C)(C)C(c1ccc2ccccc2n1)[Si](C)(C)C.C[Si](C)(C)[C-](c1ccc2ccccc2n1)[Si](C)(C)C.C[Si](C)(C)[C-](c1ccc2ccccc2n1)[Si](C)(C)C.C[Si](C)(C)[C-](c1ccc2ccccc2n1)[Si](C)(C)C.Cc1ccc2ccccc2n1.[CH2-]CCC.[Cl][Cu].[Cu+].[Cu+].[Li+].[Li+]. The molecule has 0 fully saturated rings. The third-order valence-corrected chi connectivity index (χ3v) is 62.0. The average molecular weight is 1880 g/mol. The molecule has 0 saturated heterocycles. The molecule has 116 heavy (non-hydrogen) atoms. The molecular formula is C94H140ClCu3Li2N6Si10. The Kier molecular flexibility index (Phi) is 45.3. The van der Waals surface area contributed by atoms with E-state index < -0.39 is 80.7 Å². The van der Waals surface area contributed by atoms with E-state index in [1.54, 1.807) is 15.5 Å². The van der Waals surface area contributed by atoms with Crippen LogP contribution in [0.1, 0.15) is 64.3 Å². The van der Waals surface area contributed by atoms with Gasteiger partial charge in [0.25, 0.3) is 0 Å². The quantitative estimate of drug-likeness (QED) is 0.0709. The van der Waals surface area contributed by atoms with Crippen LogP contribution in [0, 0.1) is 29.3 Å². The zero-order valence-corrected chi connectivity index (χ0v) is 91.1. The molecule has 6 aromatic heterocycles. The molecule has 0 unspecified atom stereocenters. The first-order valence-electron chi connectivity index (χ1n) is 40.4. The molecule has 12 aromatic rings. The van der Waals surface area contributed by atoms with Gasteiger partial charge in [0, 0.05) is 33.2 Å². The van der Waals surface area contributed by atoms with Crippen molar-refractivity contribution in [2.75, 3.05) is 0 Å². The summed E-state index contributed by atoms with van der Waals surface area (Å²) in [6.45, 7) is 81.4. The maximum Gasteiger partial charge on any atom is 1.00 e. The van der Waals surface area contributed by atoms with E-state index in [2.05, 4.69) is 435 Å². The van der Waals surface area contributed by atoms with Gasteiger partial charge in [-0.3, -0.25) is 29.9 Å². The van der Waals surface area contributed by atoms with Crippen molar-refractivity contribution < 1.29 is 87.0 Å². The van der Waals surface area contributed by atoms with E-state index in [1.807, 2.05) is 31.2 Å². The molecule has 0 radical (unpaired) electrons. The number of halogens is 1. The Morgan fingerprint density at radius 1 is 0.276 bits per heavy atom. The fraction of sp³-hybridized carbons (Fsp3) is 0.383. The predicted octanol–water partition coefficient (Wildman–Crippen LogP) is 23.7. The summed E-state index contributed by atoms with van der Waals surface area (Å²) in [4.78, 5) is 29.2. The molecule has 0 N–H and O–H groups in total. The molecular weight excluding hydrogens is 1730 g/mol. The minimum absolute atomic E-state index is 0. The second kappa shape index (κ2) is 47.5. The Balaban J connectivity index is 0.000000685. The van der Waals surface area contributed by atoms with Crippen LogP contribution in [0.3, 0.4) is 0 Å². The summed E-state index contributed by atoms with van der Waals surface area (Å²) in [6.07, 6.45) is 2.28. The Morgan fingerprint density at radius 3 is 0.638 bits per heavy atom. The molecule has 6 heterocycles. The molecule has 0 amide bonds. The van der Waals surface area contributed by atoms with Crippen molar-refractivity contribution in [1.29, 1.82) is 0 Å². The van der Waals surface area contributed by atoms with E-state index in [9.17, 15) is 0 Å². The van der Waals surface area contributed by atoms with E-state index in [0.717, 1.165) is 45.2 Å². The summed E-state index contributed by atoms with van der Waals surface area (Å²) in [6, 6.07) is 76.7. The van der Waals surface area contributed by atoms with E-state index in [0.29, 0.717) is 10.3 Å². The standard InChI is InChI=1S/2C16H25NSi2.3C16H24NSi2.C10H9N.C4H9.ClH.3Cu.2Li/c5*1-18(2,3)16(19(4,5)6)15-12-11-13-9-7-8-10-14(13)17-15;1-8-6-7-9-4-2-3-5-10(9)11-8;1-3-4-2;;;;;;/h2*7-12,16H,1-6H3;3*7-12H,1-6H3;2-7H,1H3;1,3-4H2,2H3;1H;;;;;/q;;3*-1;;-1;;5*+1/p-1. The normalized spacial score (nSPS) is 11.9. The van der Waals surface area contributed by atoms with Crippen molar-refractivity contribution in [3.63, 3.8) is 0 Å². The number of hydrogen-bond donors (Lipinski definition) is 0. The summed E-state index contributed by atoms with van der Waals surface area (Å²) >= 11 is 3.66. The van der Waals surface area contributed by atoms with Gasteiger partial charge in [0.15, 0.2) is 0 Å². The van der Waals surface area contributed by atoms with Gasteiger partial charge in [0.1, 0.15) is 0 Å². The fourth-order valence-corrected chi connectivity index (χ4v) is 74.7. The van der Waals surface area contributed by atoms with Gasteiger partial charge in [0.05, 0.1) is 65.4 Å². The number of aryl methyl sites for hydroxylation is 1. The Labute approximate surface area is 773 Å². The van der Waals surface area contributed by atoms with Gasteiger partial charge in [-0.2, -0.15) is 40.1 Å². The molecule has 6 aromatic carbocycles. The first-order valence-corrected chi connectivity index (χ1v) is 77.0. The van der Waals surface area contributed by atoms with Crippen LogP contribution in [0.15, 0.2) is 218 Å². The largest absolute Gasteiger partial charge is 1.00 e. The molecule has 0 aliphatic heterocycles. The summed E-state index contributed by atoms with van der Waals surface area (Å²) < 4.78 is 0. The van der Waals surface area contributed by atoms with E-state index in [4.69, 9.17) is 24.9 Å². The monoisotopic (exact) mass is 1870 g/mol. The van der Waals surface area contributed by atoms with Crippen molar-refractivity contribution in [2.45, 2.75) is 233 Å². The second-order valence-electron chi connectivity index (χ2n) is 40.5. The maximum atomic E-state index is 4.98. The number of rotatable bonds is 16. The van der Waals surface area contributed by atoms with Crippen LogP contribution in [0.5, 0.6) is 0 Å². The van der Waals surface area contributed by atoms with Gasteiger partial charge in [-0.15, -0.1) is 18.2 Å². The minimum atomic E-state index is -1.33. The number of aromatic nitrogens is 6. The number of benzene rings is 6. The van der Waals surface area contributed by atoms with E-state index >= 15 is 0 Å². The van der Waals surface area contributed by atoms with Crippen molar-refractivity contribution >= 4 is 156 Å².